The van der Waals surface area contributed by atoms with Crippen LogP contribution >= 0.6 is 11.8 Å². The van der Waals surface area contributed by atoms with Crippen LogP contribution in [0.1, 0.15) is 18.0 Å². The summed E-state index contributed by atoms with van der Waals surface area (Å²) < 4.78 is 1.07. The minimum absolute atomic E-state index is 0.0807. The van der Waals surface area contributed by atoms with E-state index in [1.807, 2.05) is 24.3 Å². The van der Waals surface area contributed by atoms with Crippen LogP contribution in [-0.2, 0) is 11.3 Å². The highest BCUT2D eigenvalue weighted by Crippen LogP contribution is 2.35. The van der Waals surface area contributed by atoms with Crippen molar-refractivity contribution in [3.63, 3.8) is 0 Å². The molecule has 0 saturated carbocycles. The molecule has 132 valence electrons. The van der Waals surface area contributed by atoms with Gasteiger partial charge in [0.2, 0.25) is 5.91 Å². The van der Waals surface area contributed by atoms with Gasteiger partial charge in [-0.2, -0.15) is 0 Å². The molecule has 7 heteroatoms. The second kappa shape index (κ2) is 6.84. The van der Waals surface area contributed by atoms with Crippen LogP contribution in [0.25, 0.3) is 10.8 Å². The second-order valence-electron chi connectivity index (χ2n) is 6.17. The van der Waals surface area contributed by atoms with E-state index in [1.165, 1.54) is 4.90 Å². The Bertz CT molecular complexity index is 1100. The van der Waals surface area contributed by atoms with E-state index in [0.717, 1.165) is 22.4 Å². The fraction of sp³-hybridized carbons (Fsp3) is 0.211. The number of H-pyrrole nitrogens is 1. The number of benzene rings is 2. The summed E-state index contributed by atoms with van der Waals surface area (Å²) in [4.78, 5) is 38.3. The molecular formula is C19H17N3O3S. The van der Waals surface area contributed by atoms with Gasteiger partial charge in [-0.1, -0.05) is 30.3 Å². The maximum absolute atomic E-state index is 12.5. The van der Waals surface area contributed by atoms with Crippen LogP contribution in [0.5, 0.6) is 0 Å². The summed E-state index contributed by atoms with van der Waals surface area (Å²) >= 11 is 1.78. The molecule has 1 amide bonds. The topological polar surface area (TPSA) is 84.0 Å². The zero-order valence-electron chi connectivity index (χ0n) is 13.9. The van der Waals surface area contributed by atoms with Crippen LogP contribution in [0.3, 0.4) is 0 Å². The quantitative estimate of drug-likeness (QED) is 0.742. The number of thioether (sulfide) groups is 1. The van der Waals surface area contributed by atoms with Crippen LogP contribution in [-0.4, -0.2) is 21.4 Å². The number of amides is 1. The Balaban J connectivity index is 1.58. The number of hydrogen-bond acceptors (Lipinski definition) is 4. The molecule has 0 fully saturated rings. The zero-order chi connectivity index (χ0) is 18.1. The Morgan fingerprint density at radius 3 is 2.69 bits per heavy atom. The van der Waals surface area contributed by atoms with Crippen LogP contribution < -0.4 is 16.4 Å². The molecule has 0 bridgehead atoms. The lowest BCUT2D eigenvalue weighted by Gasteiger charge is -2.26. The molecule has 0 aliphatic carbocycles. The van der Waals surface area contributed by atoms with Gasteiger partial charge in [-0.3, -0.25) is 19.5 Å². The molecule has 2 aromatic carbocycles. The summed E-state index contributed by atoms with van der Waals surface area (Å²) in [5, 5.41) is 6.11. The van der Waals surface area contributed by atoms with Crippen LogP contribution in [0.4, 0.5) is 0 Å². The zero-order valence-corrected chi connectivity index (χ0v) is 14.7. The third kappa shape index (κ3) is 3.06. The molecule has 1 atom stereocenters. The SMILES string of the molecule is O=C(Cn1[nH]c(=O)c2ccccc2c1=O)NC1CCSc2ccccc21. The summed E-state index contributed by atoms with van der Waals surface area (Å²) in [6.45, 7) is -0.218. The maximum atomic E-state index is 12.5. The number of hydrogen-bond donors (Lipinski definition) is 2. The standard InChI is InChI=1S/C19H17N3O3S/c23-17(20-15-9-10-26-16-8-4-3-7-14(15)16)11-22-19(25)13-6-2-1-5-12(13)18(24)21-22/h1-8,15H,9-11H2,(H,20,23)(H,21,24). The number of carbonyl (C=O) groups is 1. The number of rotatable bonds is 3. The first-order chi connectivity index (χ1) is 12.6. The van der Waals surface area contributed by atoms with Crippen molar-refractivity contribution in [2.45, 2.75) is 23.9 Å². The molecule has 3 aromatic rings. The van der Waals surface area contributed by atoms with Gasteiger partial charge in [0.1, 0.15) is 6.54 Å². The summed E-state index contributed by atoms with van der Waals surface area (Å²) in [6.07, 6.45) is 0.830. The summed E-state index contributed by atoms with van der Waals surface area (Å²) in [7, 11) is 0. The third-order valence-electron chi connectivity index (χ3n) is 4.48. The number of nitrogens with one attached hydrogen (secondary N) is 2. The predicted octanol–water partition coefficient (Wildman–Crippen LogP) is 2.04. The van der Waals surface area contributed by atoms with Crippen LogP contribution in [0.2, 0.25) is 0 Å². The molecule has 0 saturated heterocycles. The van der Waals surface area contributed by atoms with Crippen LogP contribution in [0.15, 0.2) is 63.0 Å². The van der Waals surface area contributed by atoms with Crippen molar-refractivity contribution >= 4 is 28.4 Å². The van der Waals surface area contributed by atoms with E-state index in [-0.39, 0.29) is 29.6 Å². The molecule has 2 heterocycles. The van der Waals surface area contributed by atoms with Crippen molar-refractivity contribution in [2.75, 3.05) is 5.75 Å². The molecule has 1 aliphatic heterocycles. The fourth-order valence-corrected chi connectivity index (χ4v) is 4.36. The molecule has 0 spiro atoms. The second-order valence-corrected chi connectivity index (χ2v) is 7.31. The van der Waals surface area contributed by atoms with Gasteiger partial charge in [0, 0.05) is 10.6 Å². The number of aromatic amines is 1. The van der Waals surface area contributed by atoms with Gasteiger partial charge in [-0.25, -0.2) is 4.68 Å². The summed E-state index contributed by atoms with van der Waals surface area (Å²) in [6, 6.07) is 14.5. The largest absolute Gasteiger partial charge is 0.348 e. The number of carbonyl (C=O) groups excluding carboxylic acids is 1. The Kier molecular flexibility index (Phi) is 4.38. The van der Waals surface area contributed by atoms with E-state index in [0.29, 0.717) is 10.8 Å². The highest BCUT2D eigenvalue weighted by molar-refractivity contribution is 7.99. The smallest absolute Gasteiger partial charge is 0.273 e. The van der Waals surface area contributed by atoms with Gasteiger partial charge < -0.3 is 5.32 Å². The van der Waals surface area contributed by atoms with Gasteiger partial charge in [0.05, 0.1) is 16.8 Å². The minimum Gasteiger partial charge on any atom is -0.348 e. The predicted molar refractivity (Wildman–Crippen MR) is 101 cm³/mol. The molecule has 1 unspecified atom stereocenters. The first kappa shape index (κ1) is 16.7. The van der Waals surface area contributed by atoms with Crippen molar-refractivity contribution in [3.8, 4) is 0 Å². The molecule has 1 aromatic heterocycles. The molecule has 2 N–H and O–H groups in total. The van der Waals surface area contributed by atoms with Crippen LogP contribution in [0, 0.1) is 0 Å². The van der Waals surface area contributed by atoms with Gasteiger partial charge >= 0.3 is 0 Å². The van der Waals surface area contributed by atoms with Gasteiger partial charge in [-0.05, 0) is 30.2 Å². The lowest BCUT2D eigenvalue weighted by Crippen LogP contribution is -2.38. The number of aromatic nitrogens is 2. The Morgan fingerprint density at radius 1 is 1.12 bits per heavy atom. The third-order valence-corrected chi connectivity index (χ3v) is 5.60. The number of fused-ring (bicyclic) bond motifs is 2. The average Bonchev–Trinajstić information content (AvgIpc) is 2.66. The van der Waals surface area contributed by atoms with Crippen molar-refractivity contribution < 1.29 is 4.79 Å². The molecule has 26 heavy (non-hydrogen) atoms. The Labute approximate surface area is 153 Å². The Morgan fingerprint density at radius 2 is 1.85 bits per heavy atom. The van der Waals surface area contributed by atoms with Crippen molar-refractivity contribution in [1.29, 1.82) is 0 Å². The van der Waals surface area contributed by atoms with E-state index in [9.17, 15) is 14.4 Å². The van der Waals surface area contributed by atoms with E-state index in [1.54, 1.807) is 36.0 Å². The van der Waals surface area contributed by atoms with E-state index >= 15 is 0 Å². The van der Waals surface area contributed by atoms with Crippen molar-refractivity contribution in [2.24, 2.45) is 0 Å². The molecule has 1 aliphatic rings. The molecule has 6 nitrogen and oxygen atoms in total. The molecular weight excluding hydrogens is 350 g/mol. The van der Waals surface area contributed by atoms with Crippen molar-refractivity contribution in [3.05, 3.63) is 74.8 Å². The molecule has 4 rings (SSSR count). The lowest BCUT2D eigenvalue weighted by molar-refractivity contribution is -0.122. The van der Waals surface area contributed by atoms with E-state index in [4.69, 9.17) is 0 Å². The monoisotopic (exact) mass is 367 g/mol. The lowest BCUT2D eigenvalue weighted by atomic mass is 10.0. The van der Waals surface area contributed by atoms with E-state index in [2.05, 4.69) is 10.4 Å². The van der Waals surface area contributed by atoms with Gasteiger partial charge in [-0.15, -0.1) is 11.8 Å². The normalized spacial score (nSPS) is 16.2. The molecule has 0 radical (unpaired) electrons. The Hall–Kier alpha value is -2.80. The van der Waals surface area contributed by atoms with Crippen molar-refractivity contribution in [1.82, 2.24) is 15.1 Å². The first-order valence-corrected chi connectivity index (χ1v) is 9.35. The van der Waals surface area contributed by atoms with E-state index < -0.39 is 0 Å². The summed E-state index contributed by atoms with van der Waals surface area (Å²) in [5.41, 5.74) is 0.332. The average molecular weight is 367 g/mol. The minimum atomic E-state index is -0.382. The first-order valence-electron chi connectivity index (χ1n) is 8.36. The fourth-order valence-electron chi connectivity index (χ4n) is 3.23. The highest BCUT2D eigenvalue weighted by Gasteiger charge is 2.22. The van der Waals surface area contributed by atoms with Gasteiger partial charge in [0.25, 0.3) is 11.1 Å². The summed E-state index contributed by atoms with van der Waals surface area (Å²) in [5.74, 6) is 0.624. The highest BCUT2D eigenvalue weighted by atomic mass is 32.2. The number of nitrogens with zero attached hydrogens (tertiary/aromatic N) is 1. The van der Waals surface area contributed by atoms with Gasteiger partial charge in [0.15, 0.2) is 0 Å². The maximum Gasteiger partial charge on any atom is 0.273 e.